The van der Waals surface area contributed by atoms with Crippen LogP contribution in [0.25, 0.3) is 0 Å². The lowest BCUT2D eigenvalue weighted by atomic mass is 10.2. The van der Waals surface area contributed by atoms with Gasteiger partial charge in [-0.25, -0.2) is 10.9 Å². The van der Waals surface area contributed by atoms with Crippen molar-refractivity contribution in [1.29, 1.82) is 0 Å². The van der Waals surface area contributed by atoms with Crippen molar-refractivity contribution in [2.24, 2.45) is 10.2 Å². The van der Waals surface area contributed by atoms with Gasteiger partial charge in [-0.2, -0.15) is 10.2 Å². The monoisotopic (exact) mass is 480 g/mol. The highest BCUT2D eigenvalue weighted by atomic mass is 16.5. The topological polar surface area (TPSA) is 98.6 Å². The first-order valence-corrected chi connectivity index (χ1v) is 11.9. The second kappa shape index (κ2) is 15.2. The van der Waals surface area contributed by atoms with Crippen LogP contribution in [0.1, 0.15) is 38.8 Å². The first kappa shape index (κ1) is 27.5. The minimum Gasteiger partial charge on any atom is -0.372 e. The molecule has 0 aliphatic carbocycles. The van der Waals surface area contributed by atoms with Crippen molar-refractivity contribution in [3.05, 3.63) is 59.7 Å². The average molecular weight is 481 g/mol. The third-order valence-corrected chi connectivity index (χ3v) is 5.32. The van der Waals surface area contributed by atoms with Crippen LogP contribution in [0, 0.1) is 0 Å². The smallest absolute Gasteiger partial charge is 0.266 e. The van der Waals surface area contributed by atoms with Gasteiger partial charge in [0.15, 0.2) is 0 Å². The summed E-state index contributed by atoms with van der Waals surface area (Å²) in [5.41, 5.74) is 8.77. The summed E-state index contributed by atoms with van der Waals surface area (Å²) >= 11 is 0. The summed E-state index contributed by atoms with van der Waals surface area (Å²) in [6.07, 6.45) is 3.11. The SMILES string of the molecule is CCN(CC)c1ccc(C=NNC(=O)COCC(=O)NN=Cc2ccc(N(CC)CC)cc2)cc1. The van der Waals surface area contributed by atoms with E-state index in [9.17, 15) is 9.59 Å². The molecule has 2 rings (SSSR count). The first-order valence-electron chi connectivity index (χ1n) is 11.9. The standard InChI is InChI=1S/C26H36N6O3/c1-5-31(6-2)23-13-9-21(10-14-23)17-27-29-25(33)19-35-20-26(34)30-28-18-22-11-15-24(16-12-22)32(7-3)8-4/h9-18H,5-8,19-20H2,1-4H3,(H,29,33)(H,30,34). The number of carbonyl (C=O) groups excluding carboxylic acids is 2. The molecule has 0 spiro atoms. The van der Waals surface area contributed by atoms with Gasteiger partial charge in [0.05, 0.1) is 12.4 Å². The van der Waals surface area contributed by atoms with Crippen LogP contribution in [-0.4, -0.2) is 63.6 Å². The summed E-state index contributed by atoms with van der Waals surface area (Å²) in [6, 6.07) is 15.8. The van der Waals surface area contributed by atoms with E-state index in [1.165, 1.54) is 0 Å². The summed E-state index contributed by atoms with van der Waals surface area (Å²) < 4.78 is 5.11. The molecule has 9 nitrogen and oxygen atoms in total. The fourth-order valence-electron chi connectivity index (χ4n) is 3.38. The van der Waals surface area contributed by atoms with Crippen LogP contribution < -0.4 is 20.7 Å². The summed E-state index contributed by atoms with van der Waals surface area (Å²) in [6.45, 7) is 11.6. The molecule has 2 aromatic carbocycles. The number of anilines is 2. The lowest BCUT2D eigenvalue weighted by Gasteiger charge is -2.20. The Labute approximate surface area is 207 Å². The van der Waals surface area contributed by atoms with Crippen molar-refractivity contribution in [2.45, 2.75) is 27.7 Å². The summed E-state index contributed by atoms with van der Waals surface area (Å²) in [7, 11) is 0. The van der Waals surface area contributed by atoms with Crippen LogP contribution in [0.15, 0.2) is 58.7 Å². The number of amides is 2. The molecule has 0 aliphatic rings. The Bertz CT molecular complexity index is 886. The summed E-state index contributed by atoms with van der Waals surface area (Å²) in [5.74, 6) is -0.906. The lowest BCUT2D eigenvalue weighted by molar-refractivity contribution is -0.130. The Morgan fingerprint density at radius 3 is 1.34 bits per heavy atom. The van der Waals surface area contributed by atoms with Crippen LogP contribution in [0.4, 0.5) is 11.4 Å². The fourth-order valence-corrected chi connectivity index (χ4v) is 3.38. The van der Waals surface area contributed by atoms with Crippen LogP contribution in [-0.2, 0) is 14.3 Å². The first-order chi connectivity index (χ1) is 17.0. The molecular weight excluding hydrogens is 444 g/mol. The molecular formula is C26H36N6O3. The van der Waals surface area contributed by atoms with Gasteiger partial charge in [0, 0.05) is 37.6 Å². The Morgan fingerprint density at radius 1 is 0.686 bits per heavy atom. The van der Waals surface area contributed by atoms with E-state index < -0.39 is 11.8 Å². The average Bonchev–Trinajstić information content (AvgIpc) is 2.87. The van der Waals surface area contributed by atoms with Crippen LogP contribution in [0.5, 0.6) is 0 Å². The van der Waals surface area contributed by atoms with E-state index in [1.54, 1.807) is 12.4 Å². The van der Waals surface area contributed by atoms with E-state index in [1.807, 2.05) is 48.5 Å². The minimum atomic E-state index is -0.453. The Morgan fingerprint density at radius 2 is 1.03 bits per heavy atom. The number of hydrazone groups is 2. The molecule has 2 aromatic rings. The lowest BCUT2D eigenvalue weighted by Crippen LogP contribution is -2.28. The largest absolute Gasteiger partial charge is 0.372 e. The van der Waals surface area contributed by atoms with Gasteiger partial charge in [-0.3, -0.25) is 9.59 Å². The van der Waals surface area contributed by atoms with Crippen LogP contribution >= 0.6 is 0 Å². The zero-order valence-electron chi connectivity index (χ0n) is 21.0. The Hall–Kier alpha value is -3.72. The number of carbonyl (C=O) groups is 2. The van der Waals surface area contributed by atoms with Gasteiger partial charge in [0.1, 0.15) is 13.2 Å². The molecule has 188 valence electrons. The van der Waals surface area contributed by atoms with E-state index >= 15 is 0 Å². The predicted molar refractivity (Wildman–Crippen MR) is 142 cm³/mol. The number of nitrogens with one attached hydrogen (secondary N) is 2. The highest BCUT2D eigenvalue weighted by Crippen LogP contribution is 2.14. The van der Waals surface area contributed by atoms with Gasteiger partial charge >= 0.3 is 0 Å². The molecule has 2 amide bonds. The number of benzene rings is 2. The molecule has 0 radical (unpaired) electrons. The molecule has 0 unspecified atom stereocenters. The van der Waals surface area contributed by atoms with Crippen molar-refractivity contribution in [2.75, 3.05) is 49.2 Å². The van der Waals surface area contributed by atoms with Gasteiger partial charge in [-0.05, 0) is 63.1 Å². The maximum atomic E-state index is 11.8. The fraction of sp³-hybridized carbons (Fsp3) is 0.385. The third-order valence-electron chi connectivity index (χ3n) is 5.32. The molecule has 9 heteroatoms. The highest BCUT2D eigenvalue weighted by Gasteiger charge is 2.05. The number of hydrogen-bond acceptors (Lipinski definition) is 7. The molecule has 0 bridgehead atoms. The van der Waals surface area contributed by atoms with Crippen molar-refractivity contribution in [3.63, 3.8) is 0 Å². The van der Waals surface area contributed by atoms with Gasteiger partial charge in [-0.1, -0.05) is 24.3 Å². The summed E-state index contributed by atoms with van der Waals surface area (Å²) in [4.78, 5) is 28.1. The highest BCUT2D eigenvalue weighted by molar-refractivity contribution is 5.84. The molecule has 0 heterocycles. The zero-order valence-corrected chi connectivity index (χ0v) is 21.0. The molecule has 0 aliphatic heterocycles. The second-order valence-electron chi connectivity index (χ2n) is 7.61. The van der Waals surface area contributed by atoms with Crippen molar-refractivity contribution < 1.29 is 14.3 Å². The minimum absolute atomic E-state index is 0.289. The second-order valence-corrected chi connectivity index (χ2v) is 7.61. The maximum Gasteiger partial charge on any atom is 0.266 e. The van der Waals surface area contributed by atoms with Gasteiger partial charge in [0.2, 0.25) is 0 Å². The molecule has 0 aromatic heterocycles. The van der Waals surface area contributed by atoms with E-state index in [4.69, 9.17) is 4.74 Å². The van der Waals surface area contributed by atoms with E-state index in [-0.39, 0.29) is 13.2 Å². The van der Waals surface area contributed by atoms with E-state index in [0.29, 0.717) is 0 Å². The molecule has 0 saturated heterocycles. The van der Waals surface area contributed by atoms with Crippen LogP contribution in [0.2, 0.25) is 0 Å². The zero-order chi connectivity index (χ0) is 25.5. The molecule has 0 fully saturated rings. The number of ether oxygens (including phenoxy) is 1. The maximum absolute atomic E-state index is 11.8. The molecule has 0 saturated carbocycles. The number of hydrogen-bond donors (Lipinski definition) is 2. The Balaban J connectivity index is 1.66. The molecule has 35 heavy (non-hydrogen) atoms. The summed E-state index contributed by atoms with van der Waals surface area (Å²) in [5, 5.41) is 7.84. The van der Waals surface area contributed by atoms with E-state index in [2.05, 4.69) is 58.5 Å². The van der Waals surface area contributed by atoms with E-state index in [0.717, 1.165) is 48.7 Å². The van der Waals surface area contributed by atoms with Gasteiger partial charge < -0.3 is 14.5 Å². The quantitative estimate of drug-likeness (QED) is 0.320. The van der Waals surface area contributed by atoms with Crippen molar-refractivity contribution in [1.82, 2.24) is 10.9 Å². The normalized spacial score (nSPS) is 11.1. The predicted octanol–water partition coefficient (Wildman–Crippen LogP) is 3.00. The third kappa shape index (κ3) is 9.58. The molecule has 2 N–H and O–H groups in total. The Kier molecular flexibility index (Phi) is 12.0. The van der Waals surface area contributed by atoms with Crippen molar-refractivity contribution in [3.8, 4) is 0 Å². The van der Waals surface area contributed by atoms with Crippen molar-refractivity contribution >= 4 is 35.6 Å². The van der Waals surface area contributed by atoms with Gasteiger partial charge in [0.25, 0.3) is 11.8 Å². The number of rotatable bonds is 14. The molecule has 0 atom stereocenters. The van der Waals surface area contributed by atoms with Gasteiger partial charge in [-0.15, -0.1) is 0 Å². The van der Waals surface area contributed by atoms with Crippen LogP contribution in [0.3, 0.4) is 0 Å². The number of nitrogens with zero attached hydrogens (tertiary/aromatic N) is 4.